The molecule has 0 unspecified atom stereocenters. The summed E-state index contributed by atoms with van der Waals surface area (Å²) >= 11 is 0. The Kier molecular flexibility index (Phi) is 3.39. The molecular formula is C14H14FN5O. The Bertz CT molecular complexity index is 821. The van der Waals surface area contributed by atoms with Gasteiger partial charge in [0.15, 0.2) is 5.65 Å². The highest BCUT2D eigenvalue weighted by Gasteiger charge is 2.06. The van der Waals surface area contributed by atoms with Gasteiger partial charge < -0.3 is 5.32 Å². The van der Waals surface area contributed by atoms with E-state index in [0.717, 1.165) is 12.0 Å². The Hall–Kier alpha value is -2.70. The van der Waals surface area contributed by atoms with Crippen molar-refractivity contribution in [1.29, 1.82) is 0 Å². The van der Waals surface area contributed by atoms with Gasteiger partial charge in [0.1, 0.15) is 17.5 Å². The highest BCUT2D eigenvalue weighted by molar-refractivity contribution is 5.49. The number of rotatable bonds is 4. The highest BCUT2D eigenvalue weighted by Crippen LogP contribution is 2.09. The summed E-state index contributed by atoms with van der Waals surface area (Å²) in [5.41, 5.74) is 1.27. The van der Waals surface area contributed by atoms with Crippen molar-refractivity contribution >= 4 is 11.5 Å². The zero-order valence-corrected chi connectivity index (χ0v) is 11.4. The van der Waals surface area contributed by atoms with E-state index in [0.29, 0.717) is 23.8 Å². The summed E-state index contributed by atoms with van der Waals surface area (Å²) in [6.45, 7) is 2.40. The number of anilines is 1. The minimum absolute atomic E-state index is 0.238. The van der Waals surface area contributed by atoms with Crippen molar-refractivity contribution in [2.45, 2.75) is 13.3 Å². The molecule has 3 aromatic rings. The minimum atomic E-state index is -0.298. The third-order valence-corrected chi connectivity index (χ3v) is 3.20. The molecule has 0 saturated carbocycles. The van der Waals surface area contributed by atoms with Crippen molar-refractivity contribution in [3.8, 4) is 0 Å². The zero-order valence-electron chi connectivity index (χ0n) is 11.4. The lowest BCUT2D eigenvalue weighted by Gasteiger charge is -2.07. The van der Waals surface area contributed by atoms with Gasteiger partial charge in [-0.15, -0.1) is 0 Å². The number of nitrogens with zero attached hydrogens (tertiary/aromatic N) is 3. The number of aryl methyl sites for hydroxylation is 1. The average molecular weight is 287 g/mol. The predicted molar refractivity (Wildman–Crippen MR) is 76.9 cm³/mol. The van der Waals surface area contributed by atoms with Crippen LogP contribution in [-0.2, 0) is 6.42 Å². The van der Waals surface area contributed by atoms with Crippen molar-refractivity contribution in [2.24, 2.45) is 0 Å². The summed E-state index contributed by atoms with van der Waals surface area (Å²) in [4.78, 5) is 15.8. The second-order valence-electron chi connectivity index (χ2n) is 4.71. The first-order valence-electron chi connectivity index (χ1n) is 6.56. The van der Waals surface area contributed by atoms with E-state index in [2.05, 4.69) is 20.5 Å². The van der Waals surface area contributed by atoms with Crippen LogP contribution < -0.4 is 11.0 Å². The minimum Gasteiger partial charge on any atom is -0.370 e. The Balaban J connectivity index is 1.70. The number of halogens is 1. The van der Waals surface area contributed by atoms with Crippen LogP contribution >= 0.6 is 0 Å². The van der Waals surface area contributed by atoms with E-state index in [1.165, 1.54) is 16.5 Å². The summed E-state index contributed by atoms with van der Waals surface area (Å²) in [6.07, 6.45) is 0.750. The number of aromatic amines is 1. The molecule has 0 aliphatic carbocycles. The van der Waals surface area contributed by atoms with E-state index in [-0.39, 0.29) is 11.5 Å². The number of hydrogen-bond donors (Lipinski definition) is 2. The summed E-state index contributed by atoms with van der Waals surface area (Å²) in [5.74, 6) is 0.982. The molecule has 7 heteroatoms. The van der Waals surface area contributed by atoms with Crippen LogP contribution in [0.1, 0.15) is 11.4 Å². The second-order valence-corrected chi connectivity index (χ2v) is 4.71. The molecule has 2 heterocycles. The molecule has 0 atom stereocenters. The zero-order chi connectivity index (χ0) is 14.8. The number of H-pyrrole nitrogens is 1. The van der Waals surface area contributed by atoms with Gasteiger partial charge >= 0.3 is 5.69 Å². The van der Waals surface area contributed by atoms with Gasteiger partial charge in [0.25, 0.3) is 0 Å². The molecule has 0 fully saturated rings. The fourth-order valence-electron chi connectivity index (χ4n) is 2.17. The molecule has 0 aliphatic heterocycles. The first-order chi connectivity index (χ1) is 10.1. The third kappa shape index (κ3) is 2.76. The molecule has 0 aliphatic rings. The van der Waals surface area contributed by atoms with E-state index in [4.69, 9.17) is 0 Å². The van der Waals surface area contributed by atoms with Gasteiger partial charge in [-0.2, -0.15) is 5.10 Å². The van der Waals surface area contributed by atoms with Gasteiger partial charge in [0.2, 0.25) is 0 Å². The smallest absolute Gasteiger partial charge is 0.349 e. The predicted octanol–water partition coefficient (Wildman–Crippen LogP) is 1.52. The van der Waals surface area contributed by atoms with E-state index in [1.54, 1.807) is 25.1 Å². The number of aromatic nitrogens is 4. The number of nitrogens with one attached hydrogen (secondary N) is 2. The highest BCUT2D eigenvalue weighted by atomic mass is 19.1. The third-order valence-electron chi connectivity index (χ3n) is 3.20. The number of benzene rings is 1. The van der Waals surface area contributed by atoms with E-state index in [9.17, 15) is 9.18 Å². The van der Waals surface area contributed by atoms with Crippen molar-refractivity contribution in [3.05, 3.63) is 58.0 Å². The largest absolute Gasteiger partial charge is 0.370 e. The van der Waals surface area contributed by atoms with Crippen LogP contribution in [0.15, 0.2) is 35.1 Å². The summed E-state index contributed by atoms with van der Waals surface area (Å²) in [7, 11) is 0. The van der Waals surface area contributed by atoms with Gasteiger partial charge in [-0.25, -0.2) is 23.7 Å². The molecule has 3 rings (SSSR count). The Morgan fingerprint density at radius 2 is 2.10 bits per heavy atom. The summed E-state index contributed by atoms with van der Waals surface area (Å²) < 4.78 is 14.2. The number of fused-ring (bicyclic) bond motifs is 1. The monoisotopic (exact) mass is 287 g/mol. The molecule has 2 aromatic heterocycles. The van der Waals surface area contributed by atoms with Crippen molar-refractivity contribution < 1.29 is 4.39 Å². The van der Waals surface area contributed by atoms with Gasteiger partial charge in [0, 0.05) is 12.6 Å². The fourth-order valence-corrected chi connectivity index (χ4v) is 2.17. The summed E-state index contributed by atoms with van der Waals surface area (Å²) in [6, 6.07) is 8.10. The van der Waals surface area contributed by atoms with Crippen LogP contribution in [0.5, 0.6) is 0 Å². The molecule has 0 spiro atoms. The van der Waals surface area contributed by atoms with Gasteiger partial charge in [0.05, 0.1) is 0 Å². The quantitative estimate of drug-likeness (QED) is 0.763. The maximum atomic E-state index is 12.8. The van der Waals surface area contributed by atoms with Crippen molar-refractivity contribution in [1.82, 2.24) is 19.6 Å². The van der Waals surface area contributed by atoms with E-state index >= 15 is 0 Å². The Morgan fingerprint density at radius 1 is 1.33 bits per heavy atom. The van der Waals surface area contributed by atoms with Gasteiger partial charge in [-0.1, -0.05) is 12.1 Å². The first kappa shape index (κ1) is 13.3. The van der Waals surface area contributed by atoms with Crippen LogP contribution in [0.4, 0.5) is 10.2 Å². The average Bonchev–Trinajstić information content (AvgIpc) is 2.83. The maximum Gasteiger partial charge on any atom is 0.349 e. The van der Waals surface area contributed by atoms with Crippen LogP contribution in [0.25, 0.3) is 5.65 Å². The molecule has 108 valence electrons. The molecule has 21 heavy (non-hydrogen) atoms. The lowest BCUT2D eigenvalue weighted by Crippen LogP contribution is -2.14. The van der Waals surface area contributed by atoms with E-state index < -0.39 is 0 Å². The molecule has 0 bridgehead atoms. The fraction of sp³-hybridized carbons (Fsp3) is 0.214. The molecule has 0 saturated heterocycles. The summed E-state index contributed by atoms with van der Waals surface area (Å²) in [5, 5.41) is 9.48. The molecule has 0 radical (unpaired) electrons. The van der Waals surface area contributed by atoms with E-state index in [1.807, 2.05) is 0 Å². The Labute approximate surface area is 119 Å². The van der Waals surface area contributed by atoms with Gasteiger partial charge in [-0.3, -0.25) is 0 Å². The van der Waals surface area contributed by atoms with Crippen LogP contribution in [0, 0.1) is 12.7 Å². The SMILES string of the molecule is Cc1nc(NCCc2ccc(F)cc2)cc2n[nH]c(=O)n12. The Morgan fingerprint density at radius 3 is 2.86 bits per heavy atom. The van der Waals surface area contributed by atoms with Crippen molar-refractivity contribution in [3.63, 3.8) is 0 Å². The van der Waals surface area contributed by atoms with Gasteiger partial charge in [-0.05, 0) is 31.0 Å². The lowest BCUT2D eigenvalue weighted by atomic mass is 10.1. The van der Waals surface area contributed by atoms with Crippen LogP contribution in [0.3, 0.4) is 0 Å². The topological polar surface area (TPSA) is 75.1 Å². The van der Waals surface area contributed by atoms with Crippen molar-refractivity contribution in [2.75, 3.05) is 11.9 Å². The molecule has 0 amide bonds. The normalized spacial score (nSPS) is 11.0. The first-order valence-corrected chi connectivity index (χ1v) is 6.56. The van der Waals surface area contributed by atoms with Crippen LogP contribution in [0.2, 0.25) is 0 Å². The molecule has 1 aromatic carbocycles. The second kappa shape index (κ2) is 5.35. The molecule has 2 N–H and O–H groups in total. The maximum absolute atomic E-state index is 12.8. The lowest BCUT2D eigenvalue weighted by molar-refractivity contribution is 0.627. The van der Waals surface area contributed by atoms with Crippen LogP contribution in [-0.4, -0.2) is 26.1 Å². The standard InChI is InChI=1S/C14H14FN5O/c1-9-17-12(8-13-18-19-14(21)20(9)13)16-7-6-10-2-4-11(15)5-3-10/h2-5,8,16H,6-7H2,1H3,(H,19,21). The number of hydrogen-bond acceptors (Lipinski definition) is 4. The molecule has 6 nitrogen and oxygen atoms in total. The molecular weight excluding hydrogens is 273 g/mol.